The summed E-state index contributed by atoms with van der Waals surface area (Å²) >= 11 is 0. The molecule has 0 aliphatic heterocycles. The maximum absolute atomic E-state index is 8.09. The van der Waals surface area contributed by atoms with Crippen LogP contribution in [0.2, 0.25) is 0 Å². The van der Waals surface area contributed by atoms with Crippen LogP contribution in [0.3, 0.4) is 0 Å². The molecule has 0 amide bonds. The van der Waals surface area contributed by atoms with Crippen molar-refractivity contribution in [1.29, 1.82) is 0 Å². The Labute approximate surface area is 33.8 Å². The molecule has 0 aromatic carbocycles. The van der Waals surface area contributed by atoms with Crippen LogP contribution in [0.1, 0.15) is 0 Å². The molecule has 0 rings (SSSR count). The van der Waals surface area contributed by atoms with Gasteiger partial charge in [0.2, 0.25) is 0 Å². The Bertz CT molecular complexity index is 38.6. The molecule has 0 aromatic heterocycles. The van der Waals surface area contributed by atoms with Gasteiger partial charge in [0, 0.05) is 0 Å². The molecule has 0 radical (unpaired) electrons. The molecule has 0 spiro atoms. The van der Waals surface area contributed by atoms with Gasteiger partial charge >= 0.3 is 32.7 Å². The summed E-state index contributed by atoms with van der Waals surface area (Å²) in [4.78, 5) is 0.914. The topological polar surface area (TPSA) is 23.5 Å². The number of hydrogen-bond donors (Lipinski definition) is 1. The van der Waals surface area contributed by atoms with Gasteiger partial charge in [-0.2, -0.15) is 0 Å². The summed E-state index contributed by atoms with van der Waals surface area (Å²) in [5, 5.41) is 8.09. The van der Waals surface area contributed by atoms with E-state index in [2.05, 4.69) is 8.73 Å². The molecule has 28 valence electrons. The van der Waals surface area contributed by atoms with Gasteiger partial charge in [0.25, 0.3) is 0 Å². The number of nitrogens with zero attached hydrogens (tertiary/aromatic N) is 1. The van der Waals surface area contributed by atoms with Crippen molar-refractivity contribution in [2.24, 2.45) is 0 Å². The van der Waals surface area contributed by atoms with Crippen molar-refractivity contribution in [1.82, 2.24) is 4.97 Å². The van der Waals surface area contributed by atoms with Crippen LogP contribution in [0.15, 0.2) is 0 Å². The average Bonchev–Trinajstić information content (AvgIpc) is 1.38. The third kappa shape index (κ3) is 4.28. The first-order chi connectivity index (χ1) is 2.27. The normalized spacial score (nSPS) is 7.80. The van der Waals surface area contributed by atoms with Crippen molar-refractivity contribution in [3.8, 4) is 0 Å². The Hall–Kier alpha value is 0.285. The van der Waals surface area contributed by atoms with Crippen LogP contribution in [0.25, 0.3) is 0 Å². The molecule has 0 atom stereocenters. The summed E-state index contributed by atoms with van der Waals surface area (Å²) < 4.78 is 0. The van der Waals surface area contributed by atoms with E-state index in [-0.39, 0.29) is 0 Å². The Kier molecular flexibility index (Phi) is 2.66. The van der Waals surface area contributed by atoms with Crippen LogP contribution in [0, 0.1) is 0 Å². The van der Waals surface area contributed by atoms with Crippen molar-refractivity contribution < 1.29 is 5.21 Å². The first kappa shape index (κ1) is 5.28. The Morgan fingerprint density at radius 3 is 2.20 bits per heavy atom. The zero-order valence-corrected chi connectivity index (χ0v) is 3.97. The monoisotopic (exact) mass is 89.0 g/mol. The molecular formula is CH5BNOP. The minimum absolute atomic E-state index is 0.914. The molecule has 5 heavy (non-hydrogen) atoms. The van der Waals surface area contributed by atoms with Crippen LogP contribution in [0.4, 0.5) is 0 Å². The quantitative estimate of drug-likeness (QED) is 0.277. The molecule has 0 aromatic rings. The fourth-order valence-electron chi connectivity index (χ4n) is 0. The molecule has 0 fully saturated rings. The summed E-state index contributed by atoms with van der Waals surface area (Å²) in [5.74, 6) is 0. The van der Waals surface area contributed by atoms with E-state index in [0.29, 0.717) is 0 Å². The van der Waals surface area contributed by atoms with Crippen LogP contribution in [0.5, 0.6) is 0 Å². The van der Waals surface area contributed by atoms with E-state index < -0.39 is 0 Å². The van der Waals surface area contributed by atoms with E-state index >= 15 is 0 Å². The molecule has 0 saturated carbocycles. The summed E-state index contributed by atoms with van der Waals surface area (Å²) in [6.45, 7) is 1.36. The molecular weight excluding hydrogens is 83.8 g/mol. The first-order valence-electron chi connectivity index (χ1n) is 1.19. The van der Waals surface area contributed by atoms with Crippen LogP contribution in [-0.4, -0.2) is 24.0 Å². The van der Waals surface area contributed by atoms with E-state index in [1.165, 1.54) is 13.8 Å². The second kappa shape index (κ2) is 2.52. The number of hydrogen-bond acceptors (Lipinski definition) is 1. The Balaban J connectivity index is 2.83. The molecule has 0 unspecified atom stereocenters. The van der Waals surface area contributed by atoms with E-state index in [9.17, 15) is 0 Å². The predicted molar refractivity (Wildman–Crippen MR) is 23.6 cm³/mol. The standard InChI is InChI=1S/CH5BNOP/c1-3(4)2-5/h4-5H,1H3. The molecule has 4 heteroatoms. The second-order valence-electron chi connectivity index (χ2n) is 0.703. The number of hydroxylamine groups is 1. The van der Waals surface area contributed by atoms with Gasteiger partial charge in [-0.25, -0.2) is 0 Å². The van der Waals surface area contributed by atoms with E-state index in [1.807, 2.05) is 0 Å². The van der Waals surface area contributed by atoms with E-state index in [0.717, 1.165) is 4.97 Å². The van der Waals surface area contributed by atoms with Crippen LogP contribution >= 0.6 is 8.73 Å². The van der Waals surface area contributed by atoms with E-state index in [1.54, 1.807) is 0 Å². The van der Waals surface area contributed by atoms with Crippen molar-refractivity contribution >= 4 is 15.5 Å². The fourth-order valence-corrected chi connectivity index (χ4v) is 0. The van der Waals surface area contributed by atoms with Crippen molar-refractivity contribution in [2.75, 3.05) is 7.05 Å². The van der Waals surface area contributed by atoms with Gasteiger partial charge in [-0.15, -0.1) is 0 Å². The van der Waals surface area contributed by atoms with Crippen LogP contribution in [-0.2, 0) is 0 Å². The van der Waals surface area contributed by atoms with Crippen LogP contribution < -0.4 is 0 Å². The van der Waals surface area contributed by atoms with Gasteiger partial charge in [-0.05, 0) is 0 Å². The van der Waals surface area contributed by atoms with Gasteiger partial charge in [0.05, 0.1) is 0 Å². The molecule has 1 N–H and O–H groups in total. The molecule has 0 heterocycles. The van der Waals surface area contributed by atoms with Crippen molar-refractivity contribution in [3.05, 3.63) is 0 Å². The molecule has 2 nitrogen and oxygen atoms in total. The fraction of sp³-hybridized carbons (Fsp3) is 1.00. The molecule has 0 aliphatic rings. The first-order valence-corrected chi connectivity index (χ1v) is 1.77. The summed E-state index contributed by atoms with van der Waals surface area (Å²) in [6, 6.07) is 0. The SMILES string of the molecule is CN(O)B=P. The zero-order chi connectivity index (χ0) is 4.28. The maximum atomic E-state index is 8.09. The van der Waals surface area contributed by atoms with Gasteiger partial charge < -0.3 is 0 Å². The third-order valence-corrected chi connectivity index (χ3v) is 0.561. The van der Waals surface area contributed by atoms with E-state index in [4.69, 9.17) is 5.21 Å². The van der Waals surface area contributed by atoms with Crippen molar-refractivity contribution in [2.45, 2.75) is 0 Å². The molecule has 0 saturated heterocycles. The summed E-state index contributed by atoms with van der Waals surface area (Å²) in [6.07, 6.45) is 0. The van der Waals surface area contributed by atoms with Gasteiger partial charge in [-0.1, -0.05) is 0 Å². The van der Waals surface area contributed by atoms with Gasteiger partial charge in [0.1, 0.15) is 0 Å². The Morgan fingerprint density at radius 2 is 2.20 bits per heavy atom. The summed E-state index contributed by atoms with van der Waals surface area (Å²) in [5.41, 5.74) is 0. The Morgan fingerprint density at radius 1 is 2.00 bits per heavy atom. The summed E-state index contributed by atoms with van der Waals surface area (Å²) in [7, 11) is 4.41. The molecule has 0 aliphatic carbocycles. The van der Waals surface area contributed by atoms with Crippen molar-refractivity contribution in [3.63, 3.8) is 0 Å². The second-order valence-corrected chi connectivity index (χ2v) is 0.961. The molecule has 0 bridgehead atoms. The average molecular weight is 88.8 g/mol. The predicted octanol–water partition coefficient (Wildman–Crippen LogP) is -0.0156. The van der Waals surface area contributed by atoms with Gasteiger partial charge in [0.15, 0.2) is 0 Å². The number of rotatable bonds is 1. The van der Waals surface area contributed by atoms with Gasteiger partial charge in [-0.3, -0.25) is 0 Å². The zero-order valence-electron chi connectivity index (χ0n) is 2.97. The third-order valence-electron chi connectivity index (χ3n) is 0.187. The minimum atomic E-state index is 0.914.